The Labute approximate surface area is 112 Å². The molecule has 4 nitrogen and oxygen atoms in total. The van der Waals surface area contributed by atoms with Crippen LogP contribution in [-0.4, -0.2) is 14.2 Å². The molecule has 0 unspecified atom stereocenters. The van der Waals surface area contributed by atoms with Gasteiger partial charge in [-0.1, -0.05) is 0 Å². The highest BCUT2D eigenvalue weighted by molar-refractivity contribution is 5.32. The Kier molecular flexibility index (Phi) is 4.50. The third-order valence-corrected chi connectivity index (χ3v) is 2.49. The Morgan fingerprint density at radius 2 is 0.895 bits per heavy atom. The van der Waals surface area contributed by atoms with Crippen LogP contribution in [0.5, 0.6) is 23.0 Å². The fraction of sp³-hybridized carbons (Fsp3) is 0.133. The van der Waals surface area contributed by atoms with Crippen LogP contribution in [0.4, 0.5) is 0 Å². The summed E-state index contributed by atoms with van der Waals surface area (Å²) in [5.41, 5.74) is 0. The predicted octanol–water partition coefficient (Wildman–Crippen LogP) is 3.28. The molecule has 2 aromatic carbocycles. The van der Waals surface area contributed by atoms with E-state index in [-0.39, 0.29) is 0 Å². The van der Waals surface area contributed by atoms with Crippen molar-refractivity contribution in [3.63, 3.8) is 0 Å². The van der Waals surface area contributed by atoms with E-state index in [0.717, 1.165) is 11.5 Å². The van der Waals surface area contributed by atoms with Crippen LogP contribution >= 0.6 is 0 Å². The fourth-order valence-corrected chi connectivity index (χ4v) is 1.44. The first-order chi connectivity index (χ1) is 9.31. The van der Waals surface area contributed by atoms with Crippen molar-refractivity contribution < 1.29 is 18.9 Å². The standard InChI is InChI=1S/C15H15O4/c1-16-12-3-7-14(8-4-12)18-11-19-15-9-5-13(17-2)6-10-15/h3-11H,1-2H3. The first-order valence-corrected chi connectivity index (χ1v) is 5.75. The summed E-state index contributed by atoms with van der Waals surface area (Å²) < 4.78 is 20.8. The van der Waals surface area contributed by atoms with E-state index in [2.05, 4.69) is 0 Å². The molecule has 0 fully saturated rings. The Bertz CT molecular complexity index is 443. The van der Waals surface area contributed by atoms with Crippen molar-refractivity contribution in [2.75, 3.05) is 14.2 Å². The van der Waals surface area contributed by atoms with Gasteiger partial charge < -0.3 is 18.9 Å². The van der Waals surface area contributed by atoms with Gasteiger partial charge in [-0.3, -0.25) is 0 Å². The number of rotatable bonds is 6. The van der Waals surface area contributed by atoms with Crippen molar-refractivity contribution in [3.8, 4) is 23.0 Å². The number of hydrogen-bond acceptors (Lipinski definition) is 4. The second kappa shape index (κ2) is 6.54. The van der Waals surface area contributed by atoms with E-state index in [9.17, 15) is 0 Å². The summed E-state index contributed by atoms with van der Waals surface area (Å²) in [6.07, 6.45) is 0. The summed E-state index contributed by atoms with van der Waals surface area (Å²) in [7, 11) is 3.24. The van der Waals surface area contributed by atoms with Crippen LogP contribution in [0.2, 0.25) is 0 Å². The van der Waals surface area contributed by atoms with Gasteiger partial charge in [-0.25, -0.2) is 0 Å². The maximum atomic E-state index is 5.33. The van der Waals surface area contributed by atoms with Crippen LogP contribution in [0.15, 0.2) is 48.5 Å². The van der Waals surface area contributed by atoms with Crippen LogP contribution in [0.25, 0.3) is 0 Å². The molecule has 0 aliphatic heterocycles. The molecular formula is C15H15O4. The Morgan fingerprint density at radius 1 is 0.579 bits per heavy atom. The molecular weight excluding hydrogens is 244 g/mol. The average Bonchev–Trinajstić information content (AvgIpc) is 2.49. The molecule has 0 saturated heterocycles. The van der Waals surface area contributed by atoms with Crippen molar-refractivity contribution in [2.24, 2.45) is 0 Å². The molecule has 0 heterocycles. The summed E-state index contributed by atoms with van der Waals surface area (Å²) in [4.78, 5) is 0. The molecule has 0 aliphatic rings. The summed E-state index contributed by atoms with van der Waals surface area (Å²) >= 11 is 0. The minimum atomic E-state index is 0.675. The van der Waals surface area contributed by atoms with Crippen LogP contribution in [0.1, 0.15) is 0 Å². The van der Waals surface area contributed by atoms with Crippen molar-refractivity contribution in [2.45, 2.75) is 0 Å². The van der Waals surface area contributed by atoms with Gasteiger partial charge in [-0.05, 0) is 48.5 Å². The third kappa shape index (κ3) is 3.81. The average molecular weight is 259 g/mol. The summed E-state index contributed by atoms with van der Waals surface area (Å²) in [5.74, 6) is 2.91. The lowest BCUT2D eigenvalue weighted by atomic mass is 10.3. The molecule has 2 rings (SSSR count). The normalized spacial score (nSPS) is 9.79. The first kappa shape index (κ1) is 13.1. The number of methoxy groups -OCH3 is 2. The van der Waals surface area contributed by atoms with E-state index in [4.69, 9.17) is 18.9 Å². The predicted molar refractivity (Wildman–Crippen MR) is 71.5 cm³/mol. The van der Waals surface area contributed by atoms with Gasteiger partial charge >= 0.3 is 6.79 Å². The summed E-state index contributed by atoms with van der Waals surface area (Å²) in [6, 6.07) is 14.5. The van der Waals surface area contributed by atoms with Crippen molar-refractivity contribution >= 4 is 0 Å². The second-order valence-electron chi connectivity index (χ2n) is 3.68. The molecule has 4 heteroatoms. The lowest BCUT2D eigenvalue weighted by molar-refractivity contribution is 0.209. The minimum Gasteiger partial charge on any atom is -0.497 e. The Hall–Kier alpha value is -2.36. The quantitative estimate of drug-likeness (QED) is 0.797. The van der Waals surface area contributed by atoms with E-state index in [1.54, 1.807) is 38.5 Å². The molecule has 0 aliphatic carbocycles. The fourth-order valence-electron chi connectivity index (χ4n) is 1.44. The number of benzene rings is 2. The lowest BCUT2D eigenvalue weighted by Crippen LogP contribution is -1.98. The zero-order valence-corrected chi connectivity index (χ0v) is 10.8. The third-order valence-electron chi connectivity index (χ3n) is 2.49. The van der Waals surface area contributed by atoms with E-state index < -0.39 is 0 Å². The molecule has 0 spiro atoms. The largest absolute Gasteiger partial charge is 0.497 e. The Morgan fingerprint density at radius 3 is 1.21 bits per heavy atom. The van der Waals surface area contributed by atoms with Gasteiger partial charge in [0.2, 0.25) is 0 Å². The molecule has 0 aromatic heterocycles. The molecule has 0 saturated carbocycles. The topological polar surface area (TPSA) is 36.9 Å². The molecule has 2 aromatic rings. The van der Waals surface area contributed by atoms with Crippen LogP contribution in [0.3, 0.4) is 0 Å². The molecule has 19 heavy (non-hydrogen) atoms. The van der Waals surface area contributed by atoms with Crippen LogP contribution in [-0.2, 0) is 0 Å². The summed E-state index contributed by atoms with van der Waals surface area (Å²) in [6.45, 7) is 1.28. The van der Waals surface area contributed by atoms with E-state index in [1.807, 2.05) is 24.3 Å². The molecule has 0 amide bonds. The second-order valence-corrected chi connectivity index (χ2v) is 3.68. The smallest absolute Gasteiger partial charge is 0.316 e. The monoisotopic (exact) mass is 259 g/mol. The SMILES string of the molecule is COc1ccc(O[CH]Oc2ccc(OC)cc2)cc1. The van der Waals surface area contributed by atoms with Gasteiger partial charge in [-0.2, -0.15) is 0 Å². The molecule has 1 radical (unpaired) electrons. The summed E-state index contributed by atoms with van der Waals surface area (Å²) in [5, 5.41) is 0. The maximum Gasteiger partial charge on any atom is 0.316 e. The highest BCUT2D eigenvalue weighted by Crippen LogP contribution is 2.20. The lowest BCUT2D eigenvalue weighted by Gasteiger charge is -2.08. The molecule has 0 atom stereocenters. The first-order valence-electron chi connectivity index (χ1n) is 5.75. The molecule has 99 valence electrons. The van der Waals surface area contributed by atoms with Gasteiger partial charge in [0.1, 0.15) is 23.0 Å². The van der Waals surface area contributed by atoms with Crippen LogP contribution in [0, 0.1) is 6.79 Å². The minimum absolute atomic E-state index is 0.675. The molecule has 0 N–H and O–H groups in total. The van der Waals surface area contributed by atoms with Crippen LogP contribution < -0.4 is 18.9 Å². The molecule has 0 bridgehead atoms. The van der Waals surface area contributed by atoms with E-state index in [0.29, 0.717) is 11.5 Å². The Balaban J connectivity index is 1.81. The van der Waals surface area contributed by atoms with Gasteiger partial charge in [-0.15, -0.1) is 0 Å². The van der Waals surface area contributed by atoms with E-state index >= 15 is 0 Å². The highest BCUT2D eigenvalue weighted by atomic mass is 16.7. The van der Waals surface area contributed by atoms with Crippen molar-refractivity contribution in [1.82, 2.24) is 0 Å². The van der Waals surface area contributed by atoms with E-state index in [1.165, 1.54) is 6.79 Å². The number of hydrogen-bond donors (Lipinski definition) is 0. The van der Waals surface area contributed by atoms with Crippen molar-refractivity contribution in [1.29, 1.82) is 0 Å². The zero-order chi connectivity index (χ0) is 13.5. The zero-order valence-electron chi connectivity index (χ0n) is 10.8. The highest BCUT2D eigenvalue weighted by Gasteiger charge is 1.98. The van der Waals surface area contributed by atoms with Gasteiger partial charge in [0.25, 0.3) is 0 Å². The maximum absolute atomic E-state index is 5.33. The van der Waals surface area contributed by atoms with Crippen molar-refractivity contribution in [3.05, 3.63) is 55.3 Å². The van der Waals surface area contributed by atoms with Gasteiger partial charge in [0, 0.05) is 0 Å². The van der Waals surface area contributed by atoms with Gasteiger partial charge in [0.05, 0.1) is 14.2 Å². The van der Waals surface area contributed by atoms with Gasteiger partial charge in [0.15, 0.2) is 0 Å². The number of ether oxygens (including phenoxy) is 4.